The van der Waals surface area contributed by atoms with Crippen LogP contribution in [0.1, 0.15) is 290 Å². The maximum absolute atomic E-state index is 10.9. The SMILES string of the molecule is CCCCCCCC/C=C\CCCCCCCCOC(=O)CS.CCCCCCCC/C=C\CCCCCCCCOC(=O)CS.CCCCCCCC/C=C\CCCCCCCCOC(=O)CS.[Sb]. The minimum Gasteiger partial charge on any atom is -0.465 e. The number of esters is 3. The van der Waals surface area contributed by atoms with Gasteiger partial charge in [-0.3, -0.25) is 14.4 Å². The maximum Gasteiger partial charge on any atom is 0.315 e. The van der Waals surface area contributed by atoms with E-state index in [-0.39, 0.29) is 59.6 Å². The van der Waals surface area contributed by atoms with E-state index >= 15 is 0 Å². The van der Waals surface area contributed by atoms with Gasteiger partial charge in [-0.05, 0) is 96.3 Å². The summed E-state index contributed by atoms with van der Waals surface area (Å²) < 4.78 is 15.0. The molecule has 0 aliphatic heterocycles. The Morgan fingerprint density at radius 1 is 0.271 bits per heavy atom. The molecule has 10 heteroatoms. The van der Waals surface area contributed by atoms with Gasteiger partial charge in [-0.15, -0.1) is 0 Å². The summed E-state index contributed by atoms with van der Waals surface area (Å²) in [4.78, 5) is 32.6. The fourth-order valence-corrected chi connectivity index (χ4v) is 8.02. The molecule has 0 atom stereocenters. The van der Waals surface area contributed by atoms with E-state index in [2.05, 4.69) is 95.1 Å². The van der Waals surface area contributed by atoms with Crippen LogP contribution in [0.15, 0.2) is 36.5 Å². The molecular weight excluding hydrogens is 1030 g/mol. The number of carbonyl (C=O) groups is 3. The molecule has 0 saturated heterocycles. The van der Waals surface area contributed by atoms with Crippen molar-refractivity contribution in [1.82, 2.24) is 0 Å². The summed E-state index contributed by atoms with van der Waals surface area (Å²) in [6.07, 6.45) is 68.6. The second-order valence-corrected chi connectivity index (χ2v) is 19.9. The topological polar surface area (TPSA) is 78.9 Å². The van der Waals surface area contributed by atoms with Crippen LogP contribution in [0.5, 0.6) is 0 Å². The van der Waals surface area contributed by atoms with E-state index in [9.17, 15) is 14.4 Å². The third-order valence-corrected chi connectivity index (χ3v) is 12.9. The van der Waals surface area contributed by atoms with Crippen LogP contribution in [0.3, 0.4) is 0 Å². The molecule has 0 N–H and O–H groups in total. The molecule has 0 aromatic rings. The zero-order valence-electron chi connectivity index (χ0n) is 46.1. The number of hydrogen-bond acceptors (Lipinski definition) is 9. The van der Waals surface area contributed by atoms with Crippen LogP contribution in [0.2, 0.25) is 0 Å². The predicted octanol–water partition coefficient (Wildman–Crippen LogP) is 19.1. The quantitative estimate of drug-likeness (QED) is 0.0141. The molecule has 0 aliphatic rings. The molecular formula is C60H114O6S3Sb. The van der Waals surface area contributed by atoms with Crippen molar-refractivity contribution in [3.63, 3.8) is 0 Å². The van der Waals surface area contributed by atoms with Crippen LogP contribution in [-0.4, -0.2) is 79.4 Å². The van der Waals surface area contributed by atoms with Crippen LogP contribution in [0.4, 0.5) is 0 Å². The fourth-order valence-electron chi connectivity index (χ4n) is 7.74. The van der Waals surface area contributed by atoms with Crippen molar-refractivity contribution >= 4 is 80.2 Å². The van der Waals surface area contributed by atoms with Crippen molar-refractivity contribution in [2.75, 3.05) is 37.1 Å². The molecule has 0 heterocycles. The minimum absolute atomic E-state index is 0. The Morgan fingerprint density at radius 2 is 0.429 bits per heavy atom. The maximum atomic E-state index is 10.9. The van der Waals surface area contributed by atoms with Gasteiger partial charge in [0.2, 0.25) is 0 Å². The average molecular weight is 1150 g/mol. The summed E-state index contributed by atoms with van der Waals surface area (Å²) in [6.45, 7) is 8.47. The molecule has 0 bridgehead atoms. The number of allylic oxidation sites excluding steroid dienone is 6. The van der Waals surface area contributed by atoms with E-state index in [4.69, 9.17) is 14.2 Å². The fraction of sp³-hybridized carbons (Fsp3) is 0.850. The largest absolute Gasteiger partial charge is 0.465 e. The standard InChI is InChI=1S/3C20H38O2S.Sb/c3*1-2-3-4-5-6-7-8-9-10-11-12-13-14-15-16-17-18-22-20(21)19-23;/h3*9-10,23H,2-8,11-19H2,1H3;/b3*10-9-;. The molecule has 0 aromatic heterocycles. The molecule has 0 amide bonds. The number of unbranched alkanes of at least 4 members (excludes halogenated alkanes) is 36. The molecule has 70 heavy (non-hydrogen) atoms. The summed E-state index contributed by atoms with van der Waals surface area (Å²) in [5.41, 5.74) is 0. The van der Waals surface area contributed by atoms with Gasteiger partial charge >= 0.3 is 17.9 Å². The number of thiol groups is 3. The molecule has 6 nitrogen and oxygen atoms in total. The van der Waals surface area contributed by atoms with Gasteiger partial charge in [-0.25, -0.2) is 0 Å². The molecule has 0 saturated carbocycles. The van der Waals surface area contributed by atoms with Crippen molar-refractivity contribution in [3.8, 4) is 0 Å². The summed E-state index contributed by atoms with van der Waals surface area (Å²) >= 11 is 11.6. The number of rotatable bonds is 51. The second kappa shape index (κ2) is 72.7. The van der Waals surface area contributed by atoms with Crippen molar-refractivity contribution in [1.29, 1.82) is 0 Å². The molecule has 413 valence electrons. The van der Waals surface area contributed by atoms with Gasteiger partial charge in [0.1, 0.15) is 0 Å². The summed E-state index contributed by atoms with van der Waals surface area (Å²) in [5.74, 6) is -0.0614. The van der Waals surface area contributed by atoms with Gasteiger partial charge in [0.15, 0.2) is 0 Å². The van der Waals surface area contributed by atoms with Crippen LogP contribution in [0.25, 0.3) is 0 Å². The van der Waals surface area contributed by atoms with Gasteiger partial charge in [-0.1, -0.05) is 231 Å². The van der Waals surface area contributed by atoms with E-state index in [1.807, 2.05) is 0 Å². The van der Waals surface area contributed by atoms with Gasteiger partial charge in [0.25, 0.3) is 0 Å². The Morgan fingerprint density at radius 3 is 0.600 bits per heavy atom. The zero-order chi connectivity index (χ0) is 51.0. The Labute approximate surface area is 469 Å². The zero-order valence-corrected chi connectivity index (χ0v) is 51.4. The number of hydrogen-bond donors (Lipinski definition) is 3. The van der Waals surface area contributed by atoms with Crippen LogP contribution in [-0.2, 0) is 28.6 Å². The molecule has 3 radical (unpaired) electrons. The van der Waals surface area contributed by atoms with E-state index in [1.165, 1.54) is 231 Å². The van der Waals surface area contributed by atoms with E-state index in [0.717, 1.165) is 38.5 Å². The third kappa shape index (κ3) is 76.4. The molecule has 0 aliphatic carbocycles. The molecule has 0 spiro atoms. The Balaban J connectivity index is -0.000000463. The van der Waals surface area contributed by atoms with E-state index in [0.29, 0.717) is 19.8 Å². The number of ether oxygens (including phenoxy) is 3. The molecule has 0 rings (SSSR count). The normalized spacial score (nSPS) is 11.1. The Kier molecular flexibility index (Phi) is 79.0. The van der Waals surface area contributed by atoms with Gasteiger partial charge in [-0.2, -0.15) is 37.9 Å². The third-order valence-electron chi connectivity index (χ3n) is 12.1. The van der Waals surface area contributed by atoms with Crippen LogP contribution in [0, 0.1) is 0 Å². The predicted molar refractivity (Wildman–Crippen MR) is 319 cm³/mol. The average Bonchev–Trinajstić information content (AvgIpc) is 3.36. The first-order valence-electron chi connectivity index (χ1n) is 29.2. The first kappa shape index (κ1) is 76.0. The first-order valence-corrected chi connectivity index (χ1v) is 31.1. The summed E-state index contributed by atoms with van der Waals surface area (Å²) in [5, 5.41) is 0. The van der Waals surface area contributed by atoms with Crippen molar-refractivity contribution in [2.45, 2.75) is 290 Å². The van der Waals surface area contributed by atoms with E-state index < -0.39 is 0 Å². The second-order valence-electron chi connectivity index (χ2n) is 18.9. The van der Waals surface area contributed by atoms with Gasteiger partial charge in [0, 0.05) is 24.4 Å². The molecule has 0 unspecified atom stereocenters. The molecule has 0 aromatic carbocycles. The molecule has 0 fully saturated rings. The smallest absolute Gasteiger partial charge is 0.315 e. The van der Waals surface area contributed by atoms with Gasteiger partial charge in [0.05, 0.1) is 37.1 Å². The minimum atomic E-state index is -0.207. The number of carbonyl (C=O) groups excluding carboxylic acids is 3. The van der Waals surface area contributed by atoms with Crippen LogP contribution < -0.4 is 0 Å². The summed E-state index contributed by atoms with van der Waals surface area (Å²) in [6, 6.07) is 0. The Bertz CT molecular complexity index is 971. The summed E-state index contributed by atoms with van der Waals surface area (Å²) in [7, 11) is 0. The Hall–Kier alpha value is -0.502. The van der Waals surface area contributed by atoms with Crippen molar-refractivity contribution < 1.29 is 28.6 Å². The monoisotopic (exact) mass is 1150 g/mol. The van der Waals surface area contributed by atoms with Crippen molar-refractivity contribution in [3.05, 3.63) is 36.5 Å². The van der Waals surface area contributed by atoms with Crippen LogP contribution >= 0.6 is 37.9 Å². The van der Waals surface area contributed by atoms with E-state index in [1.54, 1.807) is 0 Å². The van der Waals surface area contributed by atoms with Crippen molar-refractivity contribution in [2.24, 2.45) is 0 Å². The first-order chi connectivity index (χ1) is 33.9. The van der Waals surface area contributed by atoms with Gasteiger partial charge < -0.3 is 14.2 Å².